The normalized spacial score (nSPS) is 11.7. The van der Waals surface area contributed by atoms with Gasteiger partial charge in [0.15, 0.2) is 0 Å². The first-order valence-electron chi connectivity index (χ1n) is 6.30. The predicted molar refractivity (Wildman–Crippen MR) is 72.9 cm³/mol. The molecule has 1 N–H and O–H groups in total. The van der Waals surface area contributed by atoms with E-state index in [2.05, 4.69) is 0 Å². The lowest BCUT2D eigenvalue weighted by molar-refractivity contribution is 0.170. The number of para-hydroxylation sites is 1. The van der Waals surface area contributed by atoms with Crippen molar-refractivity contribution in [2.45, 2.75) is 19.4 Å². The molecule has 20 heavy (non-hydrogen) atoms. The van der Waals surface area contributed by atoms with Crippen LogP contribution in [0.15, 0.2) is 42.5 Å². The van der Waals surface area contributed by atoms with Crippen molar-refractivity contribution < 1.29 is 14.2 Å². The van der Waals surface area contributed by atoms with Crippen LogP contribution in [0.25, 0.3) is 0 Å². The summed E-state index contributed by atoms with van der Waals surface area (Å²) >= 11 is 0. The summed E-state index contributed by atoms with van der Waals surface area (Å²) in [5.41, 5.74) is 0.624. The number of aliphatic hydroxyl groups is 1. The maximum Gasteiger partial charge on any atom is 0.144 e. The molecule has 2 aromatic rings. The number of benzene rings is 2. The van der Waals surface area contributed by atoms with Crippen molar-refractivity contribution in [2.75, 3.05) is 0 Å². The van der Waals surface area contributed by atoms with E-state index in [1.165, 1.54) is 12.1 Å². The van der Waals surface area contributed by atoms with E-state index >= 15 is 0 Å². The Balaban J connectivity index is 2.31. The second-order valence-corrected chi connectivity index (χ2v) is 4.32. The van der Waals surface area contributed by atoms with Gasteiger partial charge in [0.2, 0.25) is 0 Å². The monoisotopic (exact) mass is 271 g/mol. The third kappa shape index (κ3) is 2.95. The first-order valence-corrected chi connectivity index (χ1v) is 6.30. The molecule has 4 heteroatoms. The van der Waals surface area contributed by atoms with E-state index in [0.717, 1.165) is 6.07 Å². The van der Waals surface area contributed by atoms with E-state index in [0.29, 0.717) is 17.7 Å². The number of ether oxygens (including phenoxy) is 1. The summed E-state index contributed by atoms with van der Waals surface area (Å²) in [4.78, 5) is 0. The molecule has 0 bridgehead atoms. The predicted octanol–water partition coefficient (Wildman–Crippen LogP) is 3.93. The highest BCUT2D eigenvalue weighted by atomic mass is 19.1. The van der Waals surface area contributed by atoms with Crippen molar-refractivity contribution in [3.05, 3.63) is 59.4 Å². The minimum absolute atomic E-state index is 0.0285. The number of rotatable bonds is 4. The molecule has 1 atom stereocenters. The van der Waals surface area contributed by atoms with Crippen LogP contribution < -0.4 is 4.74 Å². The fraction of sp³-hybridized carbons (Fsp3) is 0.188. The van der Waals surface area contributed by atoms with Gasteiger partial charge in [-0.2, -0.15) is 5.26 Å². The molecule has 0 aliphatic heterocycles. The van der Waals surface area contributed by atoms with Gasteiger partial charge in [0.05, 0.1) is 11.7 Å². The van der Waals surface area contributed by atoms with E-state index in [9.17, 15) is 9.50 Å². The fourth-order valence-electron chi connectivity index (χ4n) is 1.85. The Labute approximate surface area is 116 Å². The van der Waals surface area contributed by atoms with Crippen LogP contribution in [0, 0.1) is 17.1 Å². The maximum atomic E-state index is 13.5. The van der Waals surface area contributed by atoms with Crippen molar-refractivity contribution in [3.63, 3.8) is 0 Å². The van der Waals surface area contributed by atoms with Gasteiger partial charge in [-0.15, -0.1) is 0 Å². The molecular formula is C16H14FNO2. The molecule has 0 aliphatic rings. The van der Waals surface area contributed by atoms with E-state index in [1.54, 1.807) is 30.3 Å². The van der Waals surface area contributed by atoms with Crippen LogP contribution in [0.3, 0.4) is 0 Å². The summed E-state index contributed by atoms with van der Waals surface area (Å²) in [6.45, 7) is 1.86. The Morgan fingerprint density at radius 2 is 2.05 bits per heavy atom. The van der Waals surface area contributed by atoms with Crippen LogP contribution >= 0.6 is 0 Å². The van der Waals surface area contributed by atoms with Crippen LogP contribution in [0.1, 0.15) is 30.6 Å². The Hall–Kier alpha value is -2.38. The Morgan fingerprint density at radius 1 is 1.30 bits per heavy atom. The molecule has 0 fully saturated rings. The highest BCUT2D eigenvalue weighted by molar-refractivity contribution is 5.41. The molecule has 0 heterocycles. The van der Waals surface area contributed by atoms with Crippen molar-refractivity contribution in [1.29, 1.82) is 5.26 Å². The lowest BCUT2D eigenvalue weighted by Gasteiger charge is -2.14. The smallest absolute Gasteiger partial charge is 0.144 e. The molecule has 0 amide bonds. The topological polar surface area (TPSA) is 53.2 Å². The average molecular weight is 271 g/mol. The van der Waals surface area contributed by atoms with Gasteiger partial charge in [-0.25, -0.2) is 4.39 Å². The standard InChI is InChI=1S/C16H14FNO2/c1-2-15(19)13-5-3-4-6-16(13)20-12-8-7-11(10-18)14(17)9-12/h3-9,15,19H,2H2,1H3. The molecular weight excluding hydrogens is 257 g/mol. The van der Waals surface area contributed by atoms with Crippen LogP contribution in [0.5, 0.6) is 11.5 Å². The molecule has 0 spiro atoms. The number of nitriles is 1. The summed E-state index contributed by atoms with van der Waals surface area (Å²) in [5.74, 6) is 0.140. The highest BCUT2D eigenvalue weighted by Crippen LogP contribution is 2.31. The minimum Gasteiger partial charge on any atom is -0.457 e. The quantitative estimate of drug-likeness (QED) is 0.916. The van der Waals surface area contributed by atoms with Crippen LogP contribution in [0.4, 0.5) is 4.39 Å². The summed E-state index contributed by atoms with van der Waals surface area (Å²) in [7, 11) is 0. The third-order valence-electron chi connectivity index (χ3n) is 2.95. The van der Waals surface area contributed by atoms with Gasteiger partial charge in [-0.3, -0.25) is 0 Å². The number of nitrogens with zero attached hydrogens (tertiary/aromatic N) is 1. The highest BCUT2D eigenvalue weighted by Gasteiger charge is 2.12. The summed E-state index contributed by atoms with van der Waals surface area (Å²) in [5, 5.41) is 18.6. The zero-order valence-corrected chi connectivity index (χ0v) is 11.0. The van der Waals surface area contributed by atoms with Crippen molar-refractivity contribution in [3.8, 4) is 17.6 Å². The molecule has 102 valence electrons. The largest absolute Gasteiger partial charge is 0.457 e. The molecule has 2 aromatic carbocycles. The van der Waals surface area contributed by atoms with Crippen molar-refractivity contribution >= 4 is 0 Å². The second-order valence-electron chi connectivity index (χ2n) is 4.32. The van der Waals surface area contributed by atoms with Gasteiger partial charge >= 0.3 is 0 Å². The number of hydrogen-bond acceptors (Lipinski definition) is 3. The average Bonchev–Trinajstić information content (AvgIpc) is 2.47. The first kappa shape index (κ1) is 14.0. The lowest BCUT2D eigenvalue weighted by Crippen LogP contribution is -1.99. The Morgan fingerprint density at radius 3 is 2.70 bits per heavy atom. The molecule has 1 unspecified atom stereocenters. The number of halogens is 1. The molecule has 0 radical (unpaired) electrons. The fourth-order valence-corrected chi connectivity index (χ4v) is 1.85. The maximum absolute atomic E-state index is 13.5. The SMILES string of the molecule is CCC(O)c1ccccc1Oc1ccc(C#N)c(F)c1. The van der Waals surface area contributed by atoms with Crippen molar-refractivity contribution in [1.82, 2.24) is 0 Å². The van der Waals surface area contributed by atoms with Gasteiger partial charge < -0.3 is 9.84 Å². The van der Waals surface area contributed by atoms with Crippen molar-refractivity contribution in [2.24, 2.45) is 0 Å². The zero-order chi connectivity index (χ0) is 14.5. The van der Waals surface area contributed by atoms with E-state index in [1.807, 2.05) is 6.92 Å². The lowest BCUT2D eigenvalue weighted by atomic mass is 10.1. The number of hydrogen-bond donors (Lipinski definition) is 1. The zero-order valence-electron chi connectivity index (χ0n) is 11.0. The van der Waals surface area contributed by atoms with Crippen LogP contribution in [-0.2, 0) is 0 Å². The summed E-state index contributed by atoms with van der Waals surface area (Å²) in [6, 6.07) is 12.9. The second kappa shape index (κ2) is 6.18. The number of aliphatic hydroxyl groups excluding tert-OH is 1. The van der Waals surface area contributed by atoms with Crippen LogP contribution in [-0.4, -0.2) is 5.11 Å². The molecule has 0 saturated heterocycles. The van der Waals surface area contributed by atoms with E-state index in [-0.39, 0.29) is 11.3 Å². The van der Waals surface area contributed by atoms with Gasteiger partial charge in [0.25, 0.3) is 0 Å². The molecule has 3 nitrogen and oxygen atoms in total. The molecule has 0 saturated carbocycles. The first-order chi connectivity index (χ1) is 9.65. The van der Waals surface area contributed by atoms with Gasteiger partial charge in [-0.05, 0) is 24.6 Å². The molecule has 2 rings (SSSR count). The minimum atomic E-state index is -0.630. The van der Waals surface area contributed by atoms with Gasteiger partial charge in [0.1, 0.15) is 23.4 Å². The van der Waals surface area contributed by atoms with E-state index < -0.39 is 11.9 Å². The van der Waals surface area contributed by atoms with Gasteiger partial charge in [-0.1, -0.05) is 25.1 Å². The molecule has 0 aliphatic carbocycles. The summed E-state index contributed by atoms with van der Waals surface area (Å²) in [6.07, 6.45) is -0.0725. The summed E-state index contributed by atoms with van der Waals surface area (Å²) < 4.78 is 19.1. The van der Waals surface area contributed by atoms with Crippen LogP contribution in [0.2, 0.25) is 0 Å². The molecule has 0 aromatic heterocycles. The Bertz CT molecular complexity index is 649. The Kier molecular flexibility index (Phi) is 4.34. The van der Waals surface area contributed by atoms with Gasteiger partial charge in [0, 0.05) is 11.6 Å². The third-order valence-corrected chi connectivity index (χ3v) is 2.95. The van der Waals surface area contributed by atoms with E-state index in [4.69, 9.17) is 10.00 Å².